The SMILES string of the molecule is O=[N+]([O-])O.OO.[K+].[O]=[Mn](=[O])(=[O])[O-]. The molecule has 0 aliphatic heterocycles. The second-order valence-corrected chi connectivity index (χ2v) is 1.80. The number of nitrogens with zero attached hydrogens (tertiary/aromatic N) is 1. The van der Waals surface area contributed by atoms with Gasteiger partial charge in [0, 0.05) is 0 Å². The van der Waals surface area contributed by atoms with E-state index in [0.29, 0.717) is 0 Å². The molecule has 0 rings (SSSR count). The minimum atomic E-state index is -5.62. The van der Waals surface area contributed by atoms with Gasteiger partial charge in [0.1, 0.15) is 0 Å². The van der Waals surface area contributed by atoms with Crippen LogP contribution in [0.4, 0.5) is 0 Å². The molecule has 0 amide bonds. The molecule has 0 spiro atoms. The van der Waals surface area contributed by atoms with Crippen molar-refractivity contribution in [1.82, 2.24) is 0 Å². The normalized spacial score (nSPS) is 7.25. The first-order chi connectivity index (χ1) is 4.73. The molecule has 0 aromatic heterocycles. The van der Waals surface area contributed by atoms with Gasteiger partial charge >= 0.3 is 80.0 Å². The first-order valence-electron chi connectivity index (χ1n) is 1.38. The van der Waals surface area contributed by atoms with E-state index in [-0.39, 0.29) is 51.4 Å². The van der Waals surface area contributed by atoms with E-state index >= 15 is 0 Å². The zero-order valence-electron chi connectivity index (χ0n) is 5.62. The van der Waals surface area contributed by atoms with Gasteiger partial charge in [-0.05, 0) is 0 Å². The monoisotopic (exact) mass is 255 g/mol. The quantitative estimate of drug-likeness (QED) is 0.165. The zero-order chi connectivity index (χ0) is 10.1. The van der Waals surface area contributed by atoms with E-state index in [2.05, 4.69) is 0 Å². The van der Waals surface area contributed by atoms with E-state index in [1.807, 2.05) is 0 Å². The second-order valence-electron chi connectivity index (χ2n) is 0.616. The summed E-state index contributed by atoms with van der Waals surface area (Å²) in [5, 5.41) is 25.6. The molecule has 0 bridgehead atoms. The predicted molar refractivity (Wildman–Crippen MR) is 16.1 cm³/mol. The van der Waals surface area contributed by atoms with E-state index in [0.717, 1.165) is 0 Å². The molecule has 70 valence electrons. The van der Waals surface area contributed by atoms with Crippen molar-refractivity contribution < 1.29 is 101 Å². The molecule has 0 radical (unpaired) electrons. The molecule has 0 aliphatic rings. The van der Waals surface area contributed by atoms with Crippen molar-refractivity contribution in [1.29, 1.82) is 0 Å². The molecule has 12 heteroatoms. The summed E-state index contributed by atoms with van der Waals surface area (Å²) in [7, 11) is 0. The molecule has 0 atom stereocenters. The van der Waals surface area contributed by atoms with Gasteiger partial charge < -0.3 is 5.21 Å². The van der Waals surface area contributed by atoms with Crippen LogP contribution in [0.15, 0.2) is 0 Å². The fourth-order valence-corrected chi connectivity index (χ4v) is 0. The van der Waals surface area contributed by atoms with E-state index in [1.165, 1.54) is 0 Å². The van der Waals surface area contributed by atoms with Crippen LogP contribution in [0.1, 0.15) is 0 Å². The molecule has 0 aromatic carbocycles. The van der Waals surface area contributed by atoms with Crippen LogP contribution in [0, 0.1) is 10.1 Å². The van der Waals surface area contributed by atoms with Gasteiger partial charge in [0.15, 0.2) is 0 Å². The molecule has 0 aromatic rings. The summed E-state index contributed by atoms with van der Waals surface area (Å²) in [4.78, 5) is 8.36. The fourth-order valence-electron chi connectivity index (χ4n) is 0. The molecule has 0 saturated heterocycles. The summed E-state index contributed by atoms with van der Waals surface area (Å²) in [6.45, 7) is 0. The average Bonchev–Trinajstić information content (AvgIpc) is 1.63. The van der Waals surface area contributed by atoms with E-state index in [9.17, 15) is 0 Å². The zero-order valence-corrected chi connectivity index (χ0v) is 9.92. The maximum atomic E-state index is 8.58. The number of hydrogen-bond donors (Lipinski definition) is 3. The van der Waals surface area contributed by atoms with Crippen LogP contribution >= 0.6 is 0 Å². The Hall–Kier alpha value is 0.636. The second kappa shape index (κ2) is 14.2. The summed E-state index contributed by atoms with van der Waals surface area (Å²) in [6, 6.07) is 0. The Morgan fingerprint density at radius 3 is 1.17 bits per heavy atom. The maximum absolute atomic E-state index is 8.58. The Balaban J connectivity index is -0.0000000419. The molecule has 10 nitrogen and oxygen atoms in total. The summed E-state index contributed by atoms with van der Waals surface area (Å²) in [5.74, 6) is 0. The molecule has 0 saturated carbocycles. The van der Waals surface area contributed by atoms with Gasteiger partial charge in [0.2, 0.25) is 0 Å². The first-order valence-corrected chi connectivity index (χ1v) is 3.31. The van der Waals surface area contributed by atoms with Gasteiger partial charge in [-0.1, -0.05) is 0 Å². The van der Waals surface area contributed by atoms with Gasteiger partial charge in [-0.25, -0.2) is 0 Å². The average molecular weight is 255 g/mol. The van der Waals surface area contributed by atoms with Crippen molar-refractivity contribution in [2.75, 3.05) is 0 Å². The van der Waals surface area contributed by atoms with E-state index in [4.69, 9.17) is 41.5 Å². The van der Waals surface area contributed by atoms with Crippen molar-refractivity contribution in [3.8, 4) is 0 Å². The molecule has 0 fully saturated rings. The summed E-state index contributed by atoms with van der Waals surface area (Å²) in [6.07, 6.45) is 0. The molecule has 0 heterocycles. The Labute approximate surface area is 109 Å². The van der Waals surface area contributed by atoms with Crippen LogP contribution in [0.3, 0.4) is 0 Å². The van der Waals surface area contributed by atoms with Crippen molar-refractivity contribution in [2.24, 2.45) is 0 Å². The summed E-state index contributed by atoms with van der Waals surface area (Å²) >= 11 is -5.62. The van der Waals surface area contributed by atoms with E-state index in [1.54, 1.807) is 0 Å². The third-order valence-corrected chi connectivity index (χ3v) is 0. The van der Waals surface area contributed by atoms with Crippen LogP contribution in [-0.4, -0.2) is 20.8 Å². The summed E-state index contributed by atoms with van der Waals surface area (Å²) in [5.41, 5.74) is 0. The van der Waals surface area contributed by atoms with Gasteiger partial charge in [-0.15, -0.1) is 10.1 Å². The van der Waals surface area contributed by atoms with Crippen molar-refractivity contribution >= 4 is 0 Å². The molecular formula is H3KMnNO9. The van der Waals surface area contributed by atoms with E-state index < -0.39 is 18.1 Å². The predicted octanol–water partition coefficient (Wildman–Crippen LogP) is -4.87. The number of rotatable bonds is 0. The van der Waals surface area contributed by atoms with Gasteiger partial charge in [0.25, 0.3) is 5.09 Å². The Morgan fingerprint density at radius 2 is 1.17 bits per heavy atom. The molecule has 0 aliphatic carbocycles. The van der Waals surface area contributed by atoms with Crippen LogP contribution in [0.5, 0.6) is 0 Å². The Bertz CT molecular complexity index is 200. The van der Waals surface area contributed by atoms with Gasteiger partial charge in [-0.2, -0.15) is 0 Å². The third kappa shape index (κ3) is 2440. The first kappa shape index (κ1) is 22.9. The van der Waals surface area contributed by atoms with Gasteiger partial charge in [-0.3, -0.25) is 10.5 Å². The van der Waals surface area contributed by atoms with Crippen molar-refractivity contribution in [3.63, 3.8) is 0 Å². The standard InChI is InChI=1S/K.Mn.HNO3.H2O2.4O/c;;2-1(3)4;1-2;;;;/h;;(H,2,3,4);1-2H;;;;/q+1;;;;;;;-1. The van der Waals surface area contributed by atoms with Crippen molar-refractivity contribution in [2.45, 2.75) is 0 Å². The van der Waals surface area contributed by atoms with Crippen molar-refractivity contribution in [3.05, 3.63) is 10.1 Å². The van der Waals surface area contributed by atoms with Gasteiger partial charge in [0.05, 0.1) is 0 Å². The fraction of sp³-hybridized carbons (Fsp3) is 0. The molecular weight excluding hydrogens is 252 g/mol. The number of hydrogen-bond acceptors (Lipinski definition) is 8. The molecule has 0 unspecified atom stereocenters. The van der Waals surface area contributed by atoms with Crippen LogP contribution < -0.4 is 55.6 Å². The Kier molecular flexibility index (Phi) is 27.1. The van der Waals surface area contributed by atoms with Crippen LogP contribution in [0.25, 0.3) is 0 Å². The third-order valence-electron chi connectivity index (χ3n) is 0. The topological polar surface area (TPSA) is 178 Å². The Morgan fingerprint density at radius 1 is 1.17 bits per heavy atom. The minimum absolute atomic E-state index is 0. The molecule has 12 heavy (non-hydrogen) atoms. The summed E-state index contributed by atoms with van der Waals surface area (Å²) < 4.78 is 34.3. The molecule has 3 N–H and O–H groups in total. The van der Waals surface area contributed by atoms with Crippen LogP contribution in [0.2, 0.25) is 0 Å². The van der Waals surface area contributed by atoms with Crippen LogP contribution in [-0.2, 0) is 24.5 Å².